The van der Waals surface area contributed by atoms with Crippen LogP contribution in [0.25, 0.3) is 5.82 Å². The molecule has 0 spiro atoms. The highest BCUT2D eigenvalue weighted by atomic mass is 19.4. The van der Waals surface area contributed by atoms with Crippen molar-refractivity contribution in [2.45, 2.75) is 13.1 Å². The van der Waals surface area contributed by atoms with Crippen molar-refractivity contribution in [1.29, 1.82) is 0 Å². The number of rotatable bonds is 3. The van der Waals surface area contributed by atoms with Crippen LogP contribution in [-0.2, 0) is 11.0 Å². The first-order chi connectivity index (χ1) is 12.2. The maximum absolute atomic E-state index is 12.6. The van der Waals surface area contributed by atoms with Crippen LogP contribution in [0.3, 0.4) is 0 Å². The highest BCUT2D eigenvalue weighted by molar-refractivity contribution is 5.92. The van der Waals surface area contributed by atoms with Crippen molar-refractivity contribution in [3.8, 4) is 5.82 Å². The lowest BCUT2D eigenvalue weighted by Gasteiger charge is -2.13. The second-order valence-corrected chi connectivity index (χ2v) is 6.08. The molecule has 1 aliphatic heterocycles. The summed E-state index contributed by atoms with van der Waals surface area (Å²) in [6.45, 7) is 2.09. The van der Waals surface area contributed by atoms with E-state index in [1.54, 1.807) is 6.92 Å². The van der Waals surface area contributed by atoms with E-state index in [-0.39, 0.29) is 30.5 Å². The van der Waals surface area contributed by atoms with Gasteiger partial charge in [0.15, 0.2) is 11.5 Å². The van der Waals surface area contributed by atoms with E-state index in [9.17, 15) is 22.8 Å². The van der Waals surface area contributed by atoms with Crippen molar-refractivity contribution >= 4 is 11.9 Å². The number of hydrogen-bond acceptors (Lipinski definition) is 5. The third-order valence-corrected chi connectivity index (χ3v) is 4.24. The number of carbonyl (C=O) groups is 2. The Morgan fingerprint density at radius 1 is 1.27 bits per heavy atom. The standard InChI is InChI=1S/C15H14F3N5O3/c1-8-5-22(6-10(8)14(25)26)13(24)11-7-23(21-20-11)12-3-2-9(4-19-12)15(16,17)18/h2-4,7-8,10H,5-6H2,1H3,(H,25,26)/t8-,10-/m1/s1. The van der Waals surface area contributed by atoms with Gasteiger partial charge in [-0.25, -0.2) is 9.67 Å². The topological polar surface area (TPSA) is 101 Å². The van der Waals surface area contributed by atoms with Crippen molar-refractivity contribution in [1.82, 2.24) is 24.9 Å². The minimum atomic E-state index is -4.50. The van der Waals surface area contributed by atoms with Gasteiger partial charge in [0, 0.05) is 19.3 Å². The molecule has 3 rings (SSSR count). The first-order valence-electron chi connectivity index (χ1n) is 7.65. The van der Waals surface area contributed by atoms with E-state index in [0.29, 0.717) is 6.20 Å². The van der Waals surface area contributed by atoms with Gasteiger partial charge in [0.2, 0.25) is 0 Å². The number of carboxylic acid groups (broad SMARTS) is 1. The number of amides is 1. The number of carboxylic acids is 1. The van der Waals surface area contributed by atoms with E-state index in [1.807, 2.05) is 0 Å². The number of pyridine rings is 1. The highest BCUT2D eigenvalue weighted by Crippen LogP contribution is 2.28. The minimum absolute atomic E-state index is 0.0371. The van der Waals surface area contributed by atoms with Crippen molar-refractivity contribution in [3.05, 3.63) is 35.8 Å². The molecule has 3 heterocycles. The molecule has 1 amide bonds. The van der Waals surface area contributed by atoms with Crippen LogP contribution in [0.4, 0.5) is 13.2 Å². The molecule has 26 heavy (non-hydrogen) atoms. The smallest absolute Gasteiger partial charge is 0.417 e. The molecule has 2 atom stereocenters. The van der Waals surface area contributed by atoms with Gasteiger partial charge in [0.1, 0.15) is 0 Å². The van der Waals surface area contributed by atoms with E-state index < -0.39 is 29.5 Å². The van der Waals surface area contributed by atoms with Gasteiger partial charge in [-0.2, -0.15) is 13.2 Å². The minimum Gasteiger partial charge on any atom is -0.481 e. The van der Waals surface area contributed by atoms with Crippen LogP contribution in [0.15, 0.2) is 24.5 Å². The average Bonchev–Trinajstić information content (AvgIpc) is 3.20. The molecule has 0 radical (unpaired) electrons. The van der Waals surface area contributed by atoms with E-state index in [4.69, 9.17) is 5.11 Å². The molecule has 8 nitrogen and oxygen atoms in total. The highest BCUT2D eigenvalue weighted by Gasteiger charge is 2.38. The summed E-state index contributed by atoms with van der Waals surface area (Å²) in [5.41, 5.74) is -0.937. The monoisotopic (exact) mass is 369 g/mol. The predicted octanol–water partition coefficient (Wildman–Crippen LogP) is 1.47. The third-order valence-electron chi connectivity index (χ3n) is 4.24. The number of halogens is 3. The van der Waals surface area contributed by atoms with Crippen LogP contribution < -0.4 is 0 Å². The molecule has 1 fully saturated rings. The Kier molecular flexibility index (Phi) is 4.38. The number of aromatic nitrogens is 4. The first-order valence-corrected chi connectivity index (χ1v) is 7.65. The molecular weight excluding hydrogens is 355 g/mol. The van der Waals surface area contributed by atoms with Crippen LogP contribution in [0.1, 0.15) is 23.0 Å². The summed E-state index contributed by atoms with van der Waals surface area (Å²) in [6.07, 6.45) is -2.59. The molecule has 0 aromatic carbocycles. The Morgan fingerprint density at radius 2 is 2.00 bits per heavy atom. The summed E-state index contributed by atoms with van der Waals surface area (Å²) in [5, 5.41) is 16.5. The average molecular weight is 369 g/mol. The van der Waals surface area contributed by atoms with Crippen LogP contribution in [0.2, 0.25) is 0 Å². The zero-order chi connectivity index (χ0) is 19.1. The molecule has 1 N–H and O–H groups in total. The van der Waals surface area contributed by atoms with E-state index in [0.717, 1.165) is 16.8 Å². The zero-order valence-corrected chi connectivity index (χ0v) is 13.5. The molecule has 1 saturated heterocycles. The summed E-state index contributed by atoms with van der Waals surface area (Å²) in [5.74, 6) is -2.22. The molecule has 0 unspecified atom stereocenters. The largest absolute Gasteiger partial charge is 0.481 e. The van der Waals surface area contributed by atoms with Crippen LogP contribution >= 0.6 is 0 Å². The molecule has 138 valence electrons. The predicted molar refractivity (Wildman–Crippen MR) is 80.3 cm³/mol. The molecular formula is C15H14F3N5O3. The van der Waals surface area contributed by atoms with Crippen LogP contribution in [0, 0.1) is 11.8 Å². The lowest BCUT2D eigenvalue weighted by atomic mass is 9.99. The molecule has 0 saturated carbocycles. The second-order valence-electron chi connectivity index (χ2n) is 6.08. The number of alkyl halides is 3. The van der Waals surface area contributed by atoms with Gasteiger partial charge in [0.05, 0.1) is 17.7 Å². The summed E-state index contributed by atoms with van der Waals surface area (Å²) >= 11 is 0. The van der Waals surface area contributed by atoms with E-state index in [2.05, 4.69) is 15.3 Å². The lowest BCUT2D eigenvalue weighted by Crippen LogP contribution is -2.30. The van der Waals surface area contributed by atoms with Gasteiger partial charge in [-0.05, 0) is 18.1 Å². The van der Waals surface area contributed by atoms with Gasteiger partial charge in [-0.1, -0.05) is 12.1 Å². The van der Waals surface area contributed by atoms with Gasteiger partial charge in [0.25, 0.3) is 5.91 Å². The zero-order valence-electron chi connectivity index (χ0n) is 13.5. The van der Waals surface area contributed by atoms with Crippen molar-refractivity contribution in [3.63, 3.8) is 0 Å². The number of hydrogen-bond donors (Lipinski definition) is 1. The first kappa shape index (κ1) is 17.8. The van der Waals surface area contributed by atoms with Crippen molar-refractivity contribution in [2.24, 2.45) is 11.8 Å². The molecule has 0 aliphatic carbocycles. The maximum Gasteiger partial charge on any atom is 0.417 e. The summed E-state index contributed by atoms with van der Waals surface area (Å²) in [4.78, 5) is 28.6. The number of aliphatic carboxylic acids is 1. The summed E-state index contributed by atoms with van der Waals surface area (Å²) < 4.78 is 38.8. The van der Waals surface area contributed by atoms with Crippen molar-refractivity contribution in [2.75, 3.05) is 13.1 Å². The van der Waals surface area contributed by atoms with Crippen LogP contribution in [0.5, 0.6) is 0 Å². The van der Waals surface area contributed by atoms with Gasteiger partial charge in [-0.3, -0.25) is 9.59 Å². The number of nitrogens with zero attached hydrogens (tertiary/aromatic N) is 5. The Hall–Kier alpha value is -2.98. The fourth-order valence-electron chi connectivity index (χ4n) is 2.78. The maximum atomic E-state index is 12.6. The second kappa shape index (κ2) is 6.39. The molecule has 0 bridgehead atoms. The fraction of sp³-hybridized carbons (Fsp3) is 0.400. The number of carbonyl (C=O) groups excluding carboxylic acids is 1. The Morgan fingerprint density at radius 3 is 2.54 bits per heavy atom. The molecule has 2 aromatic rings. The third kappa shape index (κ3) is 3.37. The van der Waals surface area contributed by atoms with Crippen molar-refractivity contribution < 1.29 is 27.9 Å². The quantitative estimate of drug-likeness (QED) is 0.879. The van der Waals surface area contributed by atoms with Gasteiger partial charge in [-0.15, -0.1) is 5.10 Å². The normalized spacial score (nSPS) is 20.4. The lowest BCUT2D eigenvalue weighted by molar-refractivity contribution is -0.142. The van der Waals surface area contributed by atoms with Gasteiger partial charge >= 0.3 is 12.1 Å². The summed E-state index contributed by atoms with van der Waals surface area (Å²) in [7, 11) is 0. The van der Waals surface area contributed by atoms with E-state index in [1.165, 1.54) is 11.1 Å². The summed E-state index contributed by atoms with van der Waals surface area (Å²) in [6, 6.07) is 1.97. The Balaban J connectivity index is 1.76. The van der Waals surface area contributed by atoms with E-state index >= 15 is 0 Å². The van der Waals surface area contributed by atoms with Gasteiger partial charge < -0.3 is 10.0 Å². The molecule has 11 heteroatoms. The molecule has 1 aliphatic rings. The molecule has 2 aromatic heterocycles. The Bertz CT molecular complexity index is 834. The Labute approximate surface area is 145 Å². The van der Waals surface area contributed by atoms with Crippen LogP contribution in [-0.4, -0.2) is 55.0 Å². The fourth-order valence-corrected chi connectivity index (χ4v) is 2.78. The SMILES string of the molecule is C[C@@H]1CN(C(=O)c2cn(-c3ccc(C(F)(F)F)cn3)nn2)C[C@H]1C(=O)O. The number of likely N-dealkylation sites (tertiary alicyclic amines) is 1.